The van der Waals surface area contributed by atoms with Crippen molar-refractivity contribution in [2.24, 2.45) is 0 Å². The highest BCUT2D eigenvalue weighted by molar-refractivity contribution is 6.74. The number of nitrogens with zero attached hydrogens (tertiary/aromatic N) is 3. The Morgan fingerprint density at radius 1 is 1.48 bits per heavy atom. The summed E-state index contributed by atoms with van der Waals surface area (Å²) in [6.45, 7) is 9.78. The molecule has 4 N–H and O–H groups in total. The number of hydrogen-bond acceptors (Lipinski definition) is 7. The van der Waals surface area contributed by atoms with Gasteiger partial charge in [-0.3, -0.25) is 14.3 Å². The lowest BCUT2D eigenvalue weighted by Crippen LogP contribution is -2.49. The van der Waals surface area contributed by atoms with Gasteiger partial charge in [0.15, 0.2) is 31.9 Å². The summed E-state index contributed by atoms with van der Waals surface area (Å²) in [6, 6.07) is 0. The maximum absolute atomic E-state index is 15.4. The molecule has 2 aromatic heterocycles. The second kappa shape index (κ2) is 6.65. The van der Waals surface area contributed by atoms with Gasteiger partial charge < -0.3 is 20.0 Å². The summed E-state index contributed by atoms with van der Waals surface area (Å²) < 4.78 is 28.6. The van der Waals surface area contributed by atoms with Crippen molar-refractivity contribution in [2.75, 3.05) is 12.3 Å². The summed E-state index contributed by atoms with van der Waals surface area (Å²) in [5.41, 5.74) is 5.24. The highest BCUT2D eigenvalue weighted by Gasteiger charge is 2.51. The van der Waals surface area contributed by atoms with Crippen LogP contribution in [0.3, 0.4) is 0 Å². The first-order chi connectivity index (χ1) is 12.5. The number of aromatic nitrogens is 4. The van der Waals surface area contributed by atoms with E-state index < -0.39 is 38.5 Å². The molecule has 3 heterocycles. The van der Waals surface area contributed by atoms with Crippen molar-refractivity contribution in [3.05, 3.63) is 16.7 Å². The molecule has 0 aliphatic carbocycles. The summed E-state index contributed by atoms with van der Waals surface area (Å²) in [6.07, 6.45) is -3.19. The lowest BCUT2D eigenvalue weighted by molar-refractivity contribution is -0.0445. The van der Waals surface area contributed by atoms with Gasteiger partial charge in [-0.2, -0.15) is 4.98 Å². The quantitative estimate of drug-likeness (QED) is 0.661. The van der Waals surface area contributed by atoms with Crippen molar-refractivity contribution >= 4 is 25.4 Å². The SMILES string of the molecule is CC(C)(C)[Si](C)(C)O[C@@H]1[C@@H](F)[C@H](n2cnc3c(=O)[nH]c(N)nc32)O[C@@H]1CO. The molecule has 11 heteroatoms. The Kier molecular flexibility index (Phi) is 4.91. The van der Waals surface area contributed by atoms with Gasteiger partial charge in [-0.15, -0.1) is 0 Å². The minimum absolute atomic E-state index is 0.0364. The number of ether oxygens (including phenoxy) is 1. The monoisotopic (exact) mass is 399 g/mol. The van der Waals surface area contributed by atoms with Gasteiger partial charge in [0.1, 0.15) is 12.2 Å². The second-order valence-electron chi connectivity index (χ2n) is 8.31. The topological polar surface area (TPSA) is 128 Å². The molecule has 1 aliphatic heterocycles. The number of aliphatic hydroxyl groups excluding tert-OH is 1. The molecular weight excluding hydrogens is 373 g/mol. The molecule has 1 aliphatic rings. The number of alkyl halides is 1. The molecule has 0 bridgehead atoms. The Balaban J connectivity index is 1.97. The molecule has 2 aromatic rings. The van der Waals surface area contributed by atoms with Crippen LogP contribution in [0.25, 0.3) is 11.2 Å². The van der Waals surface area contributed by atoms with Crippen LogP contribution in [0.15, 0.2) is 11.1 Å². The van der Waals surface area contributed by atoms with Crippen LogP contribution in [0, 0.1) is 0 Å². The lowest BCUT2D eigenvalue weighted by atomic mass is 10.1. The molecule has 0 aromatic carbocycles. The van der Waals surface area contributed by atoms with Crippen LogP contribution in [0.5, 0.6) is 0 Å². The average Bonchev–Trinajstić information content (AvgIpc) is 3.08. The molecular formula is C16H26FN5O4Si. The standard InChI is InChI=1S/C16H26FN5O4Si/c1-16(2,3)27(4,5)26-11-8(6-23)25-14(9(11)17)22-7-19-10-12(22)20-15(18)21-13(10)24/h7-9,11,14,23H,6H2,1-5H3,(H3,18,20,21,24)/t8-,9-,11+,14-/m1/s1. The highest BCUT2D eigenvalue weighted by Crippen LogP contribution is 2.42. The number of aliphatic hydroxyl groups is 1. The first-order valence-electron chi connectivity index (χ1n) is 8.77. The van der Waals surface area contributed by atoms with Crippen molar-refractivity contribution in [2.45, 2.75) is 63.5 Å². The van der Waals surface area contributed by atoms with Gasteiger partial charge in [0, 0.05) is 0 Å². The number of imidazole rings is 1. The molecule has 0 unspecified atom stereocenters. The molecule has 27 heavy (non-hydrogen) atoms. The third kappa shape index (κ3) is 3.40. The number of aromatic amines is 1. The number of rotatable bonds is 4. The maximum Gasteiger partial charge on any atom is 0.280 e. The summed E-state index contributed by atoms with van der Waals surface area (Å²) in [7, 11) is -2.30. The molecule has 4 atom stereocenters. The first-order valence-corrected chi connectivity index (χ1v) is 11.7. The van der Waals surface area contributed by atoms with E-state index in [2.05, 4.69) is 35.7 Å². The predicted molar refractivity (Wildman–Crippen MR) is 101 cm³/mol. The molecule has 0 radical (unpaired) electrons. The van der Waals surface area contributed by atoms with E-state index in [0.717, 1.165) is 0 Å². The van der Waals surface area contributed by atoms with E-state index >= 15 is 4.39 Å². The molecule has 0 amide bonds. The molecule has 0 saturated carbocycles. The predicted octanol–water partition coefficient (Wildman–Crippen LogP) is 1.32. The first kappa shape index (κ1) is 19.9. The van der Waals surface area contributed by atoms with Gasteiger partial charge >= 0.3 is 0 Å². The Labute approximate surface area is 156 Å². The number of anilines is 1. The largest absolute Gasteiger partial charge is 0.408 e. The van der Waals surface area contributed by atoms with Crippen LogP contribution in [0.2, 0.25) is 18.1 Å². The van der Waals surface area contributed by atoms with Gasteiger partial charge in [0.05, 0.1) is 12.9 Å². The van der Waals surface area contributed by atoms with Crippen LogP contribution in [0.4, 0.5) is 10.3 Å². The highest BCUT2D eigenvalue weighted by atomic mass is 28.4. The summed E-state index contributed by atoms with van der Waals surface area (Å²) >= 11 is 0. The van der Waals surface area contributed by atoms with Gasteiger partial charge in [0.2, 0.25) is 5.95 Å². The molecule has 0 spiro atoms. The van der Waals surface area contributed by atoms with Crippen LogP contribution < -0.4 is 11.3 Å². The van der Waals surface area contributed by atoms with E-state index in [1.807, 2.05) is 13.1 Å². The summed E-state index contributed by atoms with van der Waals surface area (Å²) in [5.74, 6) is -0.101. The van der Waals surface area contributed by atoms with Crippen molar-refractivity contribution in [1.29, 1.82) is 0 Å². The molecule has 1 saturated heterocycles. The number of fused-ring (bicyclic) bond motifs is 1. The van der Waals surface area contributed by atoms with Crippen molar-refractivity contribution in [1.82, 2.24) is 19.5 Å². The van der Waals surface area contributed by atoms with E-state index in [4.69, 9.17) is 14.9 Å². The fraction of sp³-hybridized carbons (Fsp3) is 0.688. The van der Waals surface area contributed by atoms with E-state index in [0.29, 0.717) is 0 Å². The molecule has 150 valence electrons. The van der Waals surface area contributed by atoms with E-state index in [-0.39, 0.29) is 28.8 Å². The zero-order chi connectivity index (χ0) is 20.1. The number of halogens is 1. The number of hydrogen-bond donors (Lipinski definition) is 3. The van der Waals surface area contributed by atoms with Gasteiger partial charge in [-0.05, 0) is 18.1 Å². The lowest BCUT2D eigenvalue weighted by Gasteiger charge is -2.39. The average molecular weight is 399 g/mol. The summed E-state index contributed by atoms with van der Waals surface area (Å²) in [4.78, 5) is 22.3. The van der Waals surface area contributed by atoms with Crippen LogP contribution in [0.1, 0.15) is 27.0 Å². The van der Waals surface area contributed by atoms with Crippen molar-refractivity contribution in [3.63, 3.8) is 0 Å². The van der Waals surface area contributed by atoms with E-state index in [1.54, 1.807) is 0 Å². The number of nitrogens with one attached hydrogen (secondary N) is 1. The number of nitrogen functional groups attached to an aromatic ring is 1. The molecule has 1 fully saturated rings. The fourth-order valence-corrected chi connectivity index (χ4v) is 4.17. The smallest absolute Gasteiger partial charge is 0.280 e. The Morgan fingerprint density at radius 2 is 2.15 bits per heavy atom. The summed E-state index contributed by atoms with van der Waals surface area (Å²) in [5, 5.41) is 9.57. The van der Waals surface area contributed by atoms with E-state index in [1.165, 1.54) is 10.9 Å². The van der Waals surface area contributed by atoms with E-state index in [9.17, 15) is 9.90 Å². The van der Waals surface area contributed by atoms with Crippen LogP contribution in [-0.2, 0) is 9.16 Å². The normalized spacial score (nSPS) is 26.8. The van der Waals surface area contributed by atoms with Crippen LogP contribution >= 0.6 is 0 Å². The van der Waals surface area contributed by atoms with Gasteiger partial charge in [-0.1, -0.05) is 20.8 Å². The number of H-pyrrole nitrogens is 1. The third-order valence-corrected chi connectivity index (χ3v) is 9.88. The van der Waals surface area contributed by atoms with Crippen molar-refractivity contribution < 1.29 is 18.7 Å². The Morgan fingerprint density at radius 3 is 2.74 bits per heavy atom. The van der Waals surface area contributed by atoms with Gasteiger partial charge in [0.25, 0.3) is 5.56 Å². The number of nitrogens with two attached hydrogens (primary N) is 1. The Bertz CT molecular complexity index is 893. The van der Waals surface area contributed by atoms with Crippen molar-refractivity contribution in [3.8, 4) is 0 Å². The minimum atomic E-state index is -2.30. The fourth-order valence-electron chi connectivity index (χ4n) is 2.85. The zero-order valence-electron chi connectivity index (χ0n) is 16.1. The Hall–Kier alpha value is -1.82. The molecule has 9 nitrogen and oxygen atoms in total. The molecule has 3 rings (SSSR count). The third-order valence-electron chi connectivity index (χ3n) is 5.41. The second-order valence-corrected chi connectivity index (χ2v) is 13.1. The van der Waals surface area contributed by atoms with Crippen LogP contribution in [-0.4, -0.2) is 57.9 Å². The van der Waals surface area contributed by atoms with Gasteiger partial charge in [-0.25, -0.2) is 9.37 Å². The maximum atomic E-state index is 15.4. The minimum Gasteiger partial charge on any atom is -0.408 e. The zero-order valence-corrected chi connectivity index (χ0v) is 17.1.